The van der Waals surface area contributed by atoms with E-state index in [9.17, 15) is 9.18 Å². The minimum atomic E-state index is -0.918. The second-order valence-electron chi connectivity index (χ2n) is 3.03. The number of rotatable bonds is 4. The van der Waals surface area contributed by atoms with Crippen molar-refractivity contribution >= 4 is 11.7 Å². The van der Waals surface area contributed by atoms with Crippen LogP contribution >= 0.6 is 0 Å². The average Bonchev–Trinajstić information content (AvgIpc) is 2.15. The van der Waals surface area contributed by atoms with Crippen LogP contribution in [0.4, 0.5) is 10.1 Å². The smallest absolute Gasteiger partial charge is 0.322 e. The number of anilines is 1. The quantitative estimate of drug-likeness (QED) is 0.775. The fourth-order valence-corrected chi connectivity index (χ4v) is 1.18. The lowest BCUT2D eigenvalue weighted by atomic mass is 10.1. The maximum Gasteiger partial charge on any atom is 0.322 e. The summed E-state index contributed by atoms with van der Waals surface area (Å²) in [5, 5.41) is 11.2. The summed E-state index contributed by atoms with van der Waals surface area (Å²) in [5.41, 5.74) is 2.18. The Labute approximate surface area is 81.6 Å². The molecule has 0 fully saturated rings. The highest BCUT2D eigenvalue weighted by atomic mass is 19.1. The highest BCUT2D eigenvalue weighted by molar-refractivity contribution is 5.73. The van der Waals surface area contributed by atoms with Crippen molar-refractivity contribution in [2.75, 3.05) is 11.9 Å². The molecule has 0 aliphatic rings. The van der Waals surface area contributed by atoms with E-state index < -0.39 is 12.6 Å². The Hall–Kier alpha value is -1.58. The third-order valence-electron chi connectivity index (χ3n) is 1.88. The van der Waals surface area contributed by atoms with E-state index in [1.165, 1.54) is 0 Å². The SMILES string of the molecule is Cc1cc(CF)ccc1NCC(=O)O. The first kappa shape index (κ1) is 10.5. The van der Waals surface area contributed by atoms with E-state index in [1.54, 1.807) is 18.2 Å². The van der Waals surface area contributed by atoms with Gasteiger partial charge in [-0.25, -0.2) is 4.39 Å². The van der Waals surface area contributed by atoms with Gasteiger partial charge in [-0.3, -0.25) is 4.79 Å². The zero-order chi connectivity index (χ0) is 10.6. The number of benzene rings is 1. The summed E-state index contributed by atoms with van der Waals surface area (Å²) >= 11 is 0. The van der Waals surface area contributed by atoms with E-state index in [0.717, 1.165) is 11.3 Å². The number of aryl methyl sites for hydroxylation is 1. The molecular weight excluding hydrogens is 185 g/mol. The summed E-state index contributed by atoms with van der Waals surface area (Å²) in [4.78, 5) is 10.3. The van der Waals surface area contributed by atoms with Gasteiger partial charge in [-0.05, 0) is 24.1 Å². The zero-order valence-corrected chi connectivity index (χ0v) is 7.88. The van der Waals surface area contributed by atoms with Gasteiger partial charge in [-0.2, -0.15) is 0 Å². The molecule has 0 saturated carbocycles. The molecule has 0 heterocycles. The summed E-state index contributed by atoms with van der Waals surface area (Å²) in [6.45, 7) is 1.18. The Balaban J connectivity index is 2.73. The van der Waals surface area contributed by atoms with E-state index in [4.69, 9.17) is 5.11 Å². The van der Waals surface area contributed by atoms with E-state index in [0.29, 0.717) is 5.56 Å². The molecule has 4 heteroatoms. The van der Waals surface area contributed by atoms with Crippen molar-refractivity contribution in [1.82, 2.24) is 0 Å². The lowest BCUT2D eigenvalue weighted by Crippen LogP contribution is -2.12. The molecule has 1 rings (SSSR count). The van der Waals surface area contributed by atoms with E-state index in [-0.39, 0.29) is 6.54 Å². The molecule has 1 aromatic carbocycles. The van der Waals surface area contributed by atoms with Gasteiger partial charge >= 0.3 is 5.97 Å². The Kier molecular flexibility index (Phi) is 3.45. The molecule has 0 aromatic heterocycles. The van der Waals surface area contributed by atoms with Crippen LogP contribution < -0.4 is 5.32 Å². The molecular formula is C10H12FNO2. The second-order valence-corrected chi connectivity index (χ2v) is 3.03. The number of alkyl halides is 1. The molecule has 3 nitrogen and oxygen atoms in total. The van der Waals surface area contributed by atoms with Gasteiger partial charge in [-0.15, -0.1) is 0 Å². The van der Waals surface area contributed by atoms with Gasteiger partial charge in [-0.1, -0.05) is 12.1 Å². The number of carboxylic acid groups (broad SMARTS) is 1. The Bertz CT molecular complexity index is 339. The van der Waals surface area contributed by atoms with Crippen LogP contribution in [-0.4, -0.2) is 17.6 Å². The molecule has 0 unspecified atom stereocenters. The average molecular weight is 197 g/mol. The van der Waals surface area contributed by atoms with Crippen molar-refractivity contribution in [3.05, 3.63) is 29.3 Å². The zero-order valence-electron chi connectivity index (χ0n) is 7.88. The fourth-order valence-electron chi connectivity index (χ4n) is 1.18. The summed E-state index contributed by atoms with van der Waals surface area (Å²) in [5.74, 6) is -0.918. The predicted molar refractivity (Wildman–Crippen MR) is 52.1 cm³/mol. The first-order valence-electron chi connectivity index (χ1n) is 4.24. The third kappa shape index (κ3) is 2.73. The normalized spacial score (nSPS) is 9.86. The van der Waals surface area contributed by atoms with E-state index >= 15 is 0 Å². The van der Waals surface area contributed by atoms with Crippen LogP contribution in [0.25, 0.3) is 0 Å². The van der Waals surface area contributed by atoms with Crippen LogP contribution in [0.5, 0.6) is 0 Å². The largest absolute Gasteiger partial charge is 0.480 e. The maximum absolute atomic E-state index is 12.2. The predicted octanol–water partition coefficient (Wildman–Crippen LogP) is 1.96. The van der Waals surface area contributed by atoms with Crippen molar-refractivity contribution in [2.45, 2.75) is 13.6 Å². The molecule has 0 bridgehead atoms. The lowest BCUT2D eigenvalue weighted by molar-refractivity contribution is -0.134. The molecule has 0 spiro atoms. The molecule has 0 radical (unpaired) electrons. The van der Waals surface area contributed by atoms with Gasteiger partial charge in [0.1, 0.15) is 13.2 Å². The Morgan fingerprint density at radius 1 is 1.57 bits per heavy atom. The first-order valence-corrected chi connectivity index (χ1v) is 4.24. The fraction of sp³-hybridized carbons (Fsp3) is 0.300. The number of hydrogen-bond donors (Lipinski definition) is 2. The molecule has 0 aliphatic heterocycles. The Morgan fingerprint density at radius 2 is 2.29 bits per heavy atom. The molecule has 0 amide bonds. The van der Waals surface area contributed by atoms with Gasteiger partial charge in [0.25, 0.3) is 0 Å². The van der Waals surface area contributed by atoms with Crippen molar-refractivity contribution < 1.29 is 14.3 Å². The van der Waals surface area contributed by atoms with Crippen molar-refractivity contribution in [3.8, 4) is 0 Å². The molecule has 0 aliphatic carbocycles. The third-order valence-corrected chi connectivity index (χ3v) is 1.88. The topological polar surface area (TPSA) is 49.3 Å². The minimum absolute atomic E-state index is 0.129. The molecule has 2 N–H and O–H groups in total. The Morgan fingerprint density at radius 3 is 2.79 bits per heavy atom. The van der Waals surface area contributed by atoms with Crippen LogP contribution in [0.1, 0.15) is 11.1 Å². The van der Waals surface area contributed by atoms with Crippen molar-refractivity contribution in [1.29, 1.82) is 0 Å². The van der Waals surface area contributed by atoms with E-state index in [1.807, 2.05) is 6.92 Å². The molecule has 14 heavy (non-hydrogen) atoms. The second kappa shape index (κ2) is 4.60. The van der Waals surface area contributed by atoms with Crippen molar-refractivity contribution in [2.24, 2.45) is 0 Å². The van der Waals surface area contributed by atoms with Crippen LogP contribution in [0.15, 0.2) is 18.2 Å². The van der Waals surface area contributed by atoms with Gasteiger partial charge < -0.3 is 10.4 Å². The van der Waals surface area contributed by atoms with Gasteiger partial charge in [0, 0.05) is 5.69 Å². The molecule has 0 saturated heterocycles. The summed E-state index contributed by atoms with van der Waals surface area (Å²) in [6, 6.07) is 5.02. The van der Waals surface area contributed by atoms with E-state index in [2.05, 4.69) is 5.32 Å². The van der Waals surface area contributed by atoms with Crippen LogP contribution in [0.3, 0.4) is 0 Å². The summed E-state index contributed by atoms with van der Waals surface area (Å²) in [6.07, 6.45) is 0. The van der Waals surface area contributed by atoms with Crippen LogP contribution in [0, 0.1) is 6.92 Å². The molecule has 76 valence electrons. The van der Waals surface area contributed by atoms with Gasteiger partial charge in [0.05, 0.1) is 0 Å². The first-order chi connectivity index (χ1) is 6.63. The van der Waals surface area contributed by atoms with Crippen LogP contribution in [0.2, 0.25) is 0 Å². The molecule has 1 aromatic rings. The summed E-state index contributed by atoms with van der Waals surface area (Å²) < 4.78 is 12.2. The summed E-state index contributed by atoms with van der Waals surface area (Å²) in [7, 11) is 0. The number of aliphatic carboxylic acids is 1. The van der Waals surface area contributed by atoms with Crippen molar-refractivity contribution in [3.63, 3.8) is 0 Å². The van der Waals surface area contributed by atoms with Crippen LogP contribution in [-0.2, 0) is 11.5 Å². The highest BCUT2D eigenvalue weighted by Gasteiger charge is 2.01. The monoisotopic (exact) mass is 197 g/mol. The van der Waals surface area contributed by atoms with Gasteiger partial charge in [0.15, 0.2) is 0 Å². The standard InChI is InChI=1S/C10H12FNO2/c1-7-4-8(5-11)2-3-9(7)12-6-10(13)14/h2-4,12H,5-6H2,1H3,(H,13,14). The highest BCUT2D eigenvalue weighted by Crippen LogP contribution is 2.16. The lowest BCUT2D eigenvalue weighted by Gasteiger charge is -2.07. The maximum atomic E-state index is 12.2. The molecule has 0 atom stereocenters. The number of carboxylic acids is 1. The number of halogens is 1. The minimum Gasteiger partial charge on any atom is -0.480 e. The number of hydrogen-bond acceptors (Lipinski definition) is 2. The van der Waals surface area contributed by atoms with Gasteiger partial charge in [0.2, 0.25) is 0 Å². The number of nitrogens with one attached hydrogen (secondary N) is 1. The number of carbonyl (C=O) groups is 1.